The van der Waals surface area contributed by atoms with Crippen LogP contribution in [0.4, 0.5) is 11.4 Å². The number of methoxy groups -OCH3 is 1. The van der Waals surface area contributed by atoms with Crippen molar-refractivity contribution < 1.29 is 14.3 Å². The summed E-state index contributed by atoms with van der Waals surface area (Å²) in [5, 5.41) is 8.60. The number of para-hydroxylation sites is 1. The number of amides is 2. The van der Waals surface area contributed by atoms with Gasteiger partial charge in [-0.15, -0.1) is 0 Å². The molecule has 0 spiro atoms. The molecule has 0 atom stereocenters. The monoisotopic (exact) mass is 371 g/mol. The third-order valence-electron chi connectivity index (χ3n) is 3.76. The van der Waals surface area contributed by atoms with Crippen molar-refractivity contribution in [3.63, 3.8) is 0 Å². The van der Waals surface area contributed by atoms with E-state index in [0.717, 1.165) is 5.56 Å². The molecule has 2 amide bonds. The maximum atomic E-state index is 12.4. The van der Waals surface area contributed by atoms with Gasteiger partial charge in [-0.25, -0.2) is 0 Å². The van der Waals surface area contributed by atoms with Crippen LogP contribution in [0.5, 0.6) is 5.75 Å². The van der Waals surface area contributed by atoms with Crippen molar-refractivity contribution in [2.24, 2.45) is 0 Å². The van der Waals surface area contributed by atoms with Gasteiger partial charge in [0.05, 0.1) is 12.7 Å². The minimum Gasteiger partial charge on any atom is -0.496 e. The molecule has 0 aromatic heterocycles. The lowest BCUT2D eigenvalue weighted by Gasteiger charge is -2.15. The minimum atomic E-state index is -0.368. The lowest BCUT2D eigenvalue weighted by molar-refractivity contribution is -0.115. The molecule has 0 fully saturated rings. The molecular formula is C19H21N3O3S. The summed E-state index contributed by atoms with van der Waals surface area (Å²) >= 11 is 5.23. The van der Waals surface area contributed by atoms with Gasteiger partial charge in [-0.3, -0.25) is 14.9 Å². The fourth-order valence-corrected chi connectivity index (χ4v) is 2.50. The third kappa shape index (κ3) is 4.80. The van der Waals surface area contributed by atoms with Gasteiger partial charge in [-0.05, 0) is 49.0 Å². The van der Waals surface area contributed by atoms with E-state index in [1.165, 1.54) is 7.11 Å². The van der Waals surface area contributed by atoms with Gasteiger partial charge >= 0.3 is 0 Å². The van der Waals surface area contributed by atoms with E-state index in [2.05, 4.69) is 16.0 Å². The molecule has 0 radical (unpaired) electrons. The average Bonchev–Trinajstić information content (AvgIpc) is 2.64. The number of benzene rings is 2. The van der Waals surface area contributed by atoms with Crippen LogP contribution in [0.1, 0.15) is 29.3 Å². The number of ether oxygens (including phenoxy) is 1. The highest BCUT2D eigenvalue weighted by Crippen LogP contribution is 2.23. The molecule has 7 heteroatoms. The Morgan fingerprint density at radius 2 is 1.69 bits per heavy atom. The summed E-state index contributed by atoms with van der Waals surface area (Å²) in [5.41, 5.74) is 2.60. The van der Waals surface area contributed by atoms with E-state index < -0.39 is 0 Å². The van der Waals surface area contributed by atoms with Crippen molar-refractivity contribution in [3.05, 3.63) is 53.6 Å². The molecule has 0 aliphatic rings. The summed E-state index contributed by atoms with van der Waals surface area (Å²) in [4.78, 5) is 24.0. The second-order valence-electron chi connectivity index (χ2n) is 5.49. The van der Waals surface area contributed by atoms with E-state index >= 15 is 0 Å². The van der Waals surface area contributed by atoms with E-state index in [1.807, 2.05) is 19.1 Å². The molecular weight excluding hydrogens is 350 g/mol. The summed E-state index contributed by atoms with van der Waals surface area (Å²) in [7, 11) is 1.50. The van der Waals surface area contributed by atoms with Crippen LogP contribution in [-0.4, -0.2) is 24.0 Å². The topological polar surface area (TPSA) is 79.5 Å². The van der Waals surface area contributed by atoms with Gasteiger partial charge in [-0.1, -0.05) is 25.1 Å². The van der Waals surface area contributed by atoms with Crippen molar-refractivity contribution in [2.75, 3.05) is 17.7 Å². The number of thiocarbonyl (C=S) groups is 1. The highest BCUT2D eigenvalue weighted by molar-refractivity contribution is 7.80. The number of anilines is 2. The fourth-order valence-electron chi connectivity index (χ4n) is 2.30. The van der Waals surface area contributed by atoms with Crippen molar-refractivity contribution in [1.82, 2.24) is 5.32 Å². The van der Waals surface area contributed by atoms with Crippen molar-refractivity contribution >= 4 is 40.5 Å². The number of carbonyl (C=O) groups excluding carboxylic acids is 2. The van der Waals surface area contributed by atoms with Crippen molar-refractivity contribution in [2.45, 2.75) is 20.3 Å². The van der Waals surface area contributed by atoms with Gasteiger partial charge in [0.1, 0.15) is 5.75 Å². The van der Waals surface area contributed by atoms with Crippen LogP contribution >= 0.6 is 12.2 Å². The van der Waals surface area contributed by atoms with E-state index in [0.29, 0.717) is 29.1 Å². The summed E-state index contributed by atoms with van der Waals surface area (Å²) in [6.45, 7) is 3.65. The van der Waals surface area contributed by atoms with Crippen LogP contribution in [0, 0.1) is 6.92 Å². The summed E-state index contributed by atoms with van der Waals surface area (Å²) in [6, 6.07) is 12.3. The number of hydrogen-bond donors (Lipinski definition) is 3. The van der Waals surface area contributed by atoms with Crippen LogP contribution < -0.4 is 20.7 Å². The van der Waals surface area contributed by atoms with Gasteiger partial charge < -0.3 is 15.4 Å². The van der Waals surface area contributed by atoms with Gasteiger partial charge in [0, 0.05) is 17.8 Å². The SMILES string of the molecule is CCC(=O)Nc1cccc(NC(=S)NC(=O)c2ccccc2OC)c1C. The van der Waals surface area contributed by atoms with Crippen LogP contribution in [0.25, 0.3) is 0 Å². The first kappa shape index (κ1) is 19.4. The summed E-state index contributed by atoms with van der Waals surface area (Å²) < 4.78 is 5.18. The van der Waals surface area contributed by atoms with Crippen molar-refractivity contribution in [3.8, 4) is 5.75 Å². The lowest BCUT2D eigenvalue weighted by Crippen LogP contribution is -2.34. The molecule has 0 saturated heterocycles. The number of carbonyl (C=O) groups is 2. The molecule has 2 aromatic carbocycles. The van der Waals surface area contributed by atoms with Gasteiger partial charge in [-0.2, -0.15) is 0 Å². The summed E-state index contributed by atoms with van der Waals surface area (Å²) in [5.74, 6) is 0.0265. The molecule has 2 rings (SSSR count). The Hall–Kier alpha value is -2.93. The molecule has 0 aliphatic heterocycles. The molecule has 0 bridgehead atoms. The molecule has 0 aliphatic carbocycles. The number of rotatable bonds is 5. The Labute approximate surface area is 157 Å². The molecule has 2 aromatic rings. The Balaban J connectivity index is 2.09. The highest BCUT2D eigenvalue weighted by Gasteiger charge is 2.14. The summed E-state index contributed by atoms with van der Waals surface area (Å²) in [6.07, 6.45) is 0.393. The smallest absolute Gasteiger partial charge is 0.261 e. The zero-order chi connectivity index (χ0) is 19.1. The maximum absolute atomic E-state index is 12.4. The van der Waals surface area contributed by atoms with E-state index in [-0.39, 0.29) is 16.9 Å². The van der Waals surface area contributed by atoms with E-state index in [4.69, 9.17) is 17.0 Å². The number of hydrogen-bond acceptors (Lipinski definition) is 4. The van der Waals surface area contributed by atoms with Crippen molar-refractivity contribution in [1.29, 1.82) is 0 Å². The van der Waals surface area contributed by atoms with Crippen LogP contribution in [0.2, 0.25) is 0 Å². The molecule has 26 heavy (non-hydrogen) atoms. The van der Waals surface area contributed by atoms with Crippen LogP contribution in [0.15, 0.2) is 42.5 Å². The molecule has 0 saturated carbocycles. The fraction of sp³-hybridized carbons (Fsp3) is 0.211. The largest absolute Gasteiger partial charge is 0.496 e. The van der Waals surface area contributed by atoms with Gasteiger partial charge in [0.2, 0.25) is 5.91 Å². The lowest BCUT2D eigenvalue weighted by atomic mass is 10.1. The molecule has 3 N–H and O–H groups in total. The third-order valence-corrected chi connectivity index (χ3v) is 3.96. The normalized spacial score (nSPS) is 9.96. The predicted octanol–water partition coefficient (Wildman–Crippen LogP) is 3.48. The average molecular weight is 371 g/mol. The molecule has 0 heterocycles. The Morgan fingerprint density at radius 1 is 1.04 bits per heavy atom. The first-order chi connectivity index (χ1) is 12.5. The van der Waals surface area contributed by atoms with Gasteiger partial charge in [0.15, 0.2) is 5.11 Å². The molecule has 6 nitrogen and oxygen atoms in total. The number of nitrogens with one attached hydrogen (secondary N) is 3. The molecule has 0 unspecified atom stereocenters. The Kier molecular flexibility index (Phi) is 6.68. The van der Waals surface area contributed by atoms with E-state index in [1.54, 1.807) is 37.3 Å². The van der Waals surface area contributed by atoms with Crippen LogP contribution in [-0.2, 0) is 4.79 Å². The Bertz CT molecular complexity index is 837. The van der Waals surface area contributed by atoms with E-state index in [9.17, 15) is 9.59 Å². The standard InChI is InChI=1S/C19H21N3O3S/c1-4-17(23)20-14-9-7-10-15(12(14)2)21-19(26)22-18(24)13-8-5-6-11-16(13)25-3/h5-11H,4H2,1-3H3,(H,20,23)(H2,21,22,24,26). The first-order valence-corrected chi connectivity index (χ1v) is 8.52. The second-order valence-corrected chi connectivity index (χ2v) is 5.90. The predicted molar refractivity (Wildman–Crippen MR) is 107 cm³/mol. The highest BCUT2D eigenvalue weighted by atomic mass is 32.1. The zero-order valence-corrected chi connectivity index (χ0v) is 15.7. The quantitative estimate of drug-likeness (QED) is 0.701. The second kappa shape index (κ2) is 8.96. The molecule has 136 valence electrons. The first-order valence-electron chi connectivity index (χ1n) is 8.11. The van der Waals surface area contributed by atoms with Gasteiger partial charge in [0.25, 0.3) is 5.91 Å². The Morgan fingerprint density at radius 3 is 2.35 bits per heavy atom. The zero-order valence-electron chi connectivity index (χ0n) is 14.9. The van der Waals surface area contributed by atoms with Crippen LogP contribution in [0.3, 0.4) is 0 Å². The maximum Gasteiger partial charge on any atom is 0.261 e. The minimum absolute atomic E-state index is 0.0719.